The third-order valence-electron chi connectivity index (χ3n) is 6.43. The summed E-state index contributed by atoms with van der Waals surface area (Å²) in [5.74, 6) is -0.293. The molecular weight excluding hydrogens is 498 g/mol. The van der Waals surface area contributed by atoms with Gasteiger partial charge in [0.2, 0.25) is 0 Å². The molecule has 0 aliphatic carbocycles. The van der Waals surface area contributed by atoms with Crippen molar-refractivity contribution in [1.29, 1.82) is 0 Å². The second kappa shape index (κ2) is 11.4. The number of hydrogen-bond acceptors (Lipinski definition) is 5. The minimum atomic E-state index is -0.442. The van der Waals surface area contributed by atoms with E-state index in [1.54, 1.807) is 24.3 Å². The van der Waals surface area contributed by atoms with Gasteiger partial charge in [-0.25, -0.2) is 8.78 Å². The highest BCUT2D eigenvalue weighted by atomic mass is 35.5. The van der Waals surface area contributed by atoms with Gasteiger partial charge in [0.25, 0.3) is 0 Å². The molecule has 2 aromatic carbocycles. The van der Waals surface area contributed by atoms with E-state index in [0.29, 0.717) is 45.6 Å². The Morgan fingerprint density at radius 3 is 2.81 bits per heavy atom. The van der Waals surface area contributed by atoms with Crippen LogP contribution in [0.1, 0.15) is 48.4 Å². The third-order valence-corrected chi connectivity index (χ3v) is 6.76. The van der Waals surface area contributed by atoms with Gasteiger partial charge in [0.15, 0.2) is 0 Å². The zero-order chi connectivity index (χ0) is 25.8. The average Bonchev–Trinajstić information content (AvgIpc) is 3.30. The number of H-pyrrole nitrogens is 1. The fourth-order valence-corrected chi connectivity index (χ4v) is 4.64. The lowest BCUT2D eigenvalue weighted by molar-refractivity contribution is 0.0775. The highest BCUT2D eigenvalue weighted by Crippen LogP contribution is 2.31. The van der Waals surface area contributed by atoms with E-state index in [-0.39, 0.29) is 0 Å². The Morgan fingerprint density at radius 1 is 1.22 bits per heavy atom. The smallest absolute Gasteiger partial charge is 0.134 e. The van der Waals surface area contributed by atoms with Crippen LogP contribution in [0.3, 0.4) is 0 Å². The Bertz CT molecular complexity index is 1400. The van der Waals surface area contributed by atoms with Crippen molar-refractivity contribution in [2.45, 2.75) is 38.5 Å². The summed E-state index contributed by atoms with van der Waals surface area (Å²) in [6.45, 7) is 4.01. The van der Waals surface area contributed by atoms with Gasteiger partial charge in [0.1, 0.15) is 23.5 Å². The zero-order valence-electron chi connectivity index (χ0n) is 20.3. The van der Waals surface area contributed by atoms with Crippen molar-refractivity contribution in [3.8, 4) is 5.75 Å². The summed E-state index contributed by atoms with van der Waals surface area (Å²) in [7, 11) is 0. The summed E-state index contributed by atoms with van der Waals surface area (Å²) >= 11 is 6.17. The number of aromatic nitrogens is 3. The van der Waals surface area contributed by atoms with E-state index in [9.17, 15) is 4.39 Å². The normalized spacial score (nSPS) is 15.7. The Morgan fingerprint density at radius 2 is 2.05 bits per heavy atom. The number of nitrogens with one attached hydrogen (secondary N) is 2. The van der Waals surface area contributed by atoms with E-state index in [2.05, 4.69) is 20.5 Å². The first-order valence-electron chi connectivity index (χ1n) is 12.2. The van der Waals surface area contributed by atoms with Crippen LogP contribution in [-0.4, -0.2) is 34.4 Å². The third kappa shape index (κ3) is 6.15. The second-order valence-electron chi connectivity index (χ2n) is 9.04. The molecule has 5 rings (SSSR count). The SMILES string of the molecule is CC(Oc1ccc2[nH]nc(/C=C(\F)c3ccc(CNC4CCOCC4)nc3)c2c1)c1ccc(F)cc1Cl. The lowest BCUT2D eigenvalue weighted by Gasteiger charge is -2.23. The number of pyridine rings is 1. The molecule has 1 atom stereocenters. The van der Waals surface area contributed by atoms with Gasteiger partial charge >= 0.3 is 0 Å². The maximum Gasteiger partial charge on any atom is 0.134 e. The first-order chi connectivity index (χ1) is 18.0. The number of rotatable bonds is 8. The van der Waals surface area contributed by atoms with E-state index < -0.39 is 17.7 Å². The van der Waals surface area contributed by atoms with E-state index in [4.69, 9.17) is 21.1 Å². The highest BCUT2D eigenvalue weighted by molar-refractivity contribution is 6.31. The minimum Gasteiger partial charge on any atom is -0.486 e. The summed E-state index contributed by atoms with van der Waals surface area (Å²) in [4.78, 5) is 4.41. The lowest BCUT2D eigenvalue weighted by Crippen LogP contribution is -2.34. The second-order valence-corrected chi connectivity index (χ2v) is 9.45. The standard InChI is InChI=1S/C28H27ClF2N4O2/c1-17(23-6-3-19(30)12-25(23)29)37-22-5-7-27-24(13-22)28(35-34-27)14-26(31)18-2-4-21(32-15-18)16-33-20-8-10-36-11-9-20/h2-7,12-15,17,20,33H,8-11,16H2,1H3,(H,34,35)/b26-14-. The maximum atomic E-state index is 15.1. The summed E-state index contributed by atoms with van der Waals surface area (Å²) in [6, 6.07) is 13.6. The number of benzene rings is 2. The van der Waals surface area contributed by atoms with Crippen molar-refractivity contribution in [2.24, 2.45) is 0 Å². The molecule has 3 heterocycles. The van der Waals surface area contributed by atoms with Crippen LogP contribution in [0, 0.1) is 5.82 Å². The van der Waals surface area contributed by atoms with Gasteiger partial charge < -0.3 is 14.8 Å². The molecule has 1 saturated heterocycles. The molecule has 2 aromatic heterocycles. The molecule has 0 amide bonds. The van der Waals surface area contributed by atoms with E-state index in [0.717, 1.165) is 37.3 Å². The predicted molar refractivity (Wildman–Crippen MR) is 140 cm³/mol. The molecule has 0 radical (unpaired) electrons. The molecule has 4 aromatic rings. The molecule has 9 heteroatoms. The molecule has 1 unspecified atom stereocenters. The topological polar surface area (TPSA) is 72.1 Å². The quantitative estimate of drug-likeness (QED) is 0.271. The Hall–Kier alpha value is -3.33. The van der Waals surface area contributed by atoms with Crippen molar-refractivity contribution in [2.75, 3.05) is 13.2 Å². The number of halogens is 3. The Labute approximate surface area is 218 Å². The average molecular weight is 525 g/mol. The van der Waals surface area contributed by atoms with Gasteiger partial charge in [-0.1, -0.05) is 17.7 Å². The lowest BCUT2D eigenvalue weighted by atomic mass is 10.1. The van der Waals surface area contributed by atoms with Gasteiger partial charge in [-0.3, -0.25) is 10.1 Å². The molecule has 1 aliphatic rings. The fraction of sp³-hybridized carbons (Fsp3) is 0.286. The molecule has 0 spiro atoms. The van der Waals surface area contributed by atoms with Crippen LogP contribution >= 0.6 is 11.6 Å². The van der Waals surface area contributed by atoms with Crippen LogP contribution < -0.4 is 10.1 Å². The first-order valence-corrected chi connectivity index (χ1v) is 12.6. The van der Waals surface area contributed by atoms with Crippen molar-refractivity contribution in [3.05, 3.63) is 88.1 Å². The van der Waals surface area contributed by atoms with Crippen molar-refractivity contribution in [3.63, 3.8) is 0 Å². The van der Waals surface area contributed by atoms with Crippen molar-refractivity contribution < 1.29 is 18.3 Å². The highest BCUT2D eigenvalue weighted by Gasteiger charge is 2.15. The molecule has 0 saturated carbocycles. The predicted octanol–water partition coefficient (Wildman–Crippen LogP) is 6.63. The van der Waals surface area contributed by atoms with Crippen LogP contribution in [0.2, 0.25) is 5.02 Å². The molecule has 6 nitrogen and oxygen atoms in total. The molecular formula is C28H27ClF2N4O2. The van der Waals surface area contributed by atoms with Crippen LogP contribution in [0.4, 0.5) is 8.78 Å². The van der Waals surface area contributed by atoms with Crippen LogP contribution in [0.25, 0.3) is 22.8 Å². The number of nitrogens with zero attached hydrogens (tertiary/aromatic N) is 2. The molecule has 1 fully saturated rings. The van der Waals surface area contributed by atoms with Gasteiger partial charge in [0.05, 0.1) is 21.9 Å². The molecule has 2 N–H and O–H groups in total. The number of aromatic amines is 1. The summed E-state index contributed by atoms with van der Waals surface area (Å²) < 4.78 is 39.9. The van der Waals surface area contributed by atoms with Crippen LogP contribution in [0.5, 0.6) is 5.75 Å². The van der Waals surface area contributed by atoms with Gasteiger partial charge in [-0.05, 0) is 62.2 Å². The summed E-state index contributed by atoms with van der Waals surface area (Å²) in [5, 5.41) is 11.7. The monoisotopic (exact) mass is 524 g/mol. The maximum absolute atomic E-state index is 15.1. The Kier molecular flexibility index (Phi) is 7.79. The summed E-state index contributed by atoms with van der Waals surface area (Å²) in [5.41, 5.74) is 3.08. The van der Waals surface area contributed by atoms with Gasteiger partial charge in [-0.15, -0.1) is 0 Å². The number of hydrogen-bond donors (Lipinski definition) is 2. The molecule has 1 aliphatic heterocycles. The summed E-state index contributed by atoms with van der Waals surface area (Å²) in [6.07, 6.45) is 4.46. The van der Waals surface area contributed by atoms with Gasteiger partial charge in [0, 0.05) is 54.6 Å². The van der Waals surface area contributed by atoms with Crippen molar-refractivity contribution >= 4 is 34.4 Å². The molecule has 37 heavy (non-hydrogen) atoms. The van der Waals surface area contributed by atoms with Gasteiger partial charge in [-0.2, -0.15) is 5.10 Å². The zero-order valence-corrected chi connectivity index (χ0v) is 21.1. The Balaban J connectivity index is 1.29. The molecule has 0 bridgehead atoms. The number of fused-ring (bicyclic) bond motifs is 1. The van der Waals surface area contributed by atoms with Crippen LogP contribution in [-0.2, 0) is 11.3 Å². The minimum absolute atomic E-state index is 0.293. The van der Waals surface area contributed by atoms with E-state index in [1.807, 2.05) is 19.1 Å². The number of ether oxygens (including phenoxy) is 2. The van der Waals surface area contributed by atoms with E-state index in [1.165, 1.54) is 24.4 Å². The first kappa shape index (κ1) is 25.3. The largest absolute Gasteiger partial charge is 0.486 e. The van der Waals surface area contributed by atoms with E-state index >= 15 is 4.39 Å². The molecule has 192 valence electrons. The van der Waals surface area contributed by atoms with Crippen molar-refractivity contribution in [1.82, 2.24) is 20.5 Å². The van der Waals surface area contributed by atoms with Crippen LogP contribution in [0.15, 0.2) is 54.7 Å². The fourth-order valence-electron chi connectivity index (χ4n) is 4.32.